The quantitative estimate of drug-likeness (QED) is 0.807. The van der Waals surface area contributed by atoms with Gasteiger partial charge in [-0.1, -0.05) is 25.5 Å². The van der Waals surface area contributed by atoms with Crippen LogP contribution in [0.3, 0.4) is 0 Å². The van der Waals surface area contributed by atoms with Gasteiger partial charge in [-0.3, -0.25) is 0 Å². The van der Waals surface area contributed by atoms with Gasteiger partial charge in [0.05, 0.1) is 11.5 Å². The third kappa shape index (κ3) is 4.11. The second-order valence-corrected chi connectivity index (χ2v) is 5.81. The van der Waals surface area contributed by atoms with Crippen LogP contribution in [0.4, 0.5) is 0 Å². The maximum atomic E-state index is 11.8. The minimum absolute atomic E-state index is 0.215. The molecule has 0 heterocycles. The minimum Gasteiger partial charge on any atom is -0.395 e. The molecule has 1 unspecified atom stereocenters. The molecule has 0 radical (unpaired) electrons. The zero-order chi connectivity index (χ0) is 12.9. The van der Waals surface area contributed by atoms with Gasteiger partial charge in [-0.2, -0.15) is 0 Å². The van der Waals surface area contributed by atoms with Gasteiger partial charge < -0.3 is 5.11 Å². The van der Waals surface area contributed by atoms with Crippen molar-refractivity contribution in [2.24, 2.45) is 0 Å². The maximum absolute atomic E-state index is 11.8. The van der Waals surface area contributed by atoms with Crippen molar-refractivity contribution in [3.63, 3.8) is 0 Å². The van der Waals surface area contributed by atoms with Crippen molar-refractivity contribution in [1.82, 2.24) is 4.72 Å². The Balaban J connectivity index is 2.85. The molecule has 1 aromatic rings. The Bertz CT molecular complexity index is 439. The van der Waals surface area contributed by atoms with Crippen LogP contribution in [-0.4, -0.2) is 26.2 Å². The number of aliphatic hydroxyl groups is 1. The molecule has 1 aromatic carbocycles. The molecule has 1 rings (SSSR count). The lowest BCUT2D eigenvalue weighted by atomic mass is 10.1. The highest BCUT2D eigenvalue weighted by Crippen LogP contribution is 2.12. The highest BCUT2D eigenvalue weighted by Gasteiger charge is 2.16. The molecular weight excluding hydrogens is 238 g/mol. The first-order valence-electron chi connectivity index (χ1n) is 5.71. The highest BCUT2D eigenvalue weighted by molar-refractivity contribution is 7.89. The van der Waals surface area contributed by atoms with Gasteiger partial charge >= 0.3 is 0 Å². The minimum atomic E-state index is -3.51. The summed E-state index contributed by atoms with van der Waals surface area (Å²) in [7, 11) is -3.51. The maximum Gasteiger partial charge on any atom is 0.240 e. The molecule has 2 N–H and O–H groups in total. The van der Waals surface area contributed by atoms with Crippen molar-refractivity contribution >= 4 is 10.0 Å². The molecule has 96 valence electrons. The number of aliphatic hydroxyl groups excluding tert-OH is 1. The summed E-state index contributed by atoms with van der Waals surface area (Å²) in [5.41, 5.74) is 1.13. The van der Waals surface area contributed by atoms with Gasteiger partial charge in [-0.05, 0) is 31.0 Å². The largest absolute Gasteiger partial charge is 0.395 e. The van der Waals surface area contributed by atoms with Crippen molar-refractivity contribution < 1.29 is 13.5 Å². The average Bonchev–Trinajstić information content (AvgIpc) is 2.29. The molecule has 0 aliphatic heterocycles. The lowest BCUT2D eigenvalue weighted by Crippen LogP contribution is -2.34. The van der Waals surface area contributed by atoms with E-state index in [9.17, 15) is 8.42 Å². The number of sulfonamides is 1. The molecule has 5 heteroatoms. The fourth-order valence-corrected chi connectivity index (χ4v) is 2.73. The van der Waals surface area contributed by atoms with Crippen molar-refractivity contribution in [3.05, 3.63) is 29.8 Å². The lowest BCUT2D eigenvalue weighted by molar-refractivity contribution is 0.265. The Kier molecular flexibility index (Phi) is 5.11. The SMILES string of the molecule is CCCc1ccc(S(=O)(=O)NC(C)CO)cc1. The van der Waals surface area contributed by atoms with E-state index < -0.39 is 16.1 Å². The Morgan fingerprint density at radius 2 is 1.88 bits per heavy atom. The van der Waals surface area contributed by atoms with Crippen molar-refractivity contribution in [2.45, 2.75) is 37.6 Å². The molecule has 0 saturated heterocycles. The number of hydrogen-bond donors (Lipinski definition) is 2. The third-order valence-corrected chi connectivity index (χ3v) is 4.01. The van der Waals surface area contributed by atoms with Crippen LogP contribution in [0.5, 0.6) is 0 Å². The van der Waals surface area contributed by atoms with E-state index in [0.717, 1.165) is 18.4 Å². The van der Waals surface area contributed by atoms with E-state index >= 15 is 0 Å². The van der Waals surface area contributed by atoms with E-state index in [4.69, 9.17) is 5.11 Å². The summed E-state index contributed by atoms with van der Waals surface area (Å²) in [6.45, 7) is 3.48. The first-order valence-corrected chi connectivity index (χ1v) is 7.20. The highest BCUT2D eigenvalue weighted by atomic mass is 32.2. The van der Waals surface area contributed by atoms with Gasteiger partial charge in [0, 0.05) is 6.04 Å². The van der Waals surface area contributed by atoms with Gasteiger partial charge in [-0.25, -0.2) is 13.1 Å². The molecular formula is C12H19NO3S. The van der Waals surface area contributed by atoms with E-state index in [1.54, 1.807) is 19.1 Å². The Morgan fingerprint density at radius 3 is 2.35 bits per heavy atom. The first-order chi connectivity index (χ1) is 7.99. The van der Waals surface area contributed by atoms with Gasteiger partial charge in [0.15, 0.2) is 0 Å². The summed E-state index contributed by atoms with van der Waals surface area (Å²) in [4.78, 5) is 0.234. The molecule has 0 aliphatic rings. The van der Waals surface area contributed by atoms with E-state index in [1.165, 1.54) is 0 Å². The van der Waals surface area contributed by atoms with Gasteiger partial charge in [0.1, 0.15) is 0 Å². The van der Waals surface area contributed by atoms with E-state index in [2.05, 4.69) is 11.6 Å². The topological polar surface area (TPSA) is 66.4 Å². The molecule has 0 amide bonds. The van der Waals surface area contributed by atoms with Crippen LogP contribution >= 0.6 is 0 Å². The monoisotopic (exact) mass is 257 g/mol. The Labute approximate surface area is 103 Å². The Hall–Kier alpha value is -0.910. The summed E-state index contributed by atoms with van der Waals surface area (Å²) >= 11 is 0. The Morgan fingerprint density at radius 1 is 1.29 bits per heavy atom. The number of aryl methyl sites for hydroxylation is 1. The van der Waals surface area contributed by atoms with Crippen LogP contribution in [0.15, 0.2) is 29.2 Å². The molecule has 1 atom stereocenters. The fraction of sp³-hybridized carbons (Fsp3) is 0.500. The number of hydrogen-bond acceptors (Lipinski definition) is 3. The number of rotatable bonds is 6. The van der Waals surface area contributed by atoms with Gasteiger partial charge in [0.25, 0.3) is 0 Å². The fourth-order valence-electron chi connectivity index (χ4n) is 1.49. The van der Waals surface area contributed by atoms with E-state index in [-0.39, 0.29) is 11.5 Å². The molecule has 4 nitrogen and oxygen atoms in total. The van der Waals surface area contributed by atoms with Crippen molar-refractivity contribution in [1.29, 1.82) is 0 Å². The predicted octanol–water partition coefficient (Wildman–Crippen LogP) is 1.30. The molecule has 0 bridgehead atoms. The van der Waals surface area contributed by atoms with Crippen LogP contribution in [0, 0.1) is 0 Å². The van der Waals surface area contributed by atoms with E-state index in [0.29, 0.717) is 0 Å². The van der Waals surface area contributed by atoms with Crippen molar-refractivity contribution in [3.8, 4) is 0 Å². The first kappa shape index (κ1) is 14.2. The second kappa shape index (κ2) is 6.14. The number of nitrogens with one attached hydrogen (secondary N) is 1. The average molecular weight is 257 g/mol. The molecule has 0 fully saturated rings. The van der Waals surface area contributed by atoms with Crippen LogP contribution < -0.4 is 4.72 Å². The van der Waals surface area contributed by atoms with Crippen LogP contribution in [0.2, 0.25) is 0 Å². The standard InChI is InChI=1S/C12H19NO3S/c1-3-4-11-5-7-12(8-6-11)17(15,16)13-10(2)9-14/h5-8,10,13-14H,3-4,9H2,1-2H3. The van der Waals surface area contributed by atoms with Crippen molar-refractivity contribution in [2.75, 3.05) is 6.61 Å². The summed E-state index contributed by atoms with van der Waals surface area (Å²) < 4.78 is 26.1. The molecule has 17 heavy (non-hydrogen) atoms. The predicted molar refractivity (Wildman–Crippen MR) is 67.3 cm³/mol. The smallest absolute Gasteiger partial charge is 0.240 e. The number of benzene rings is 1. The van der Waals surface area contributed by atoms with Crippen LogP contribution in [0.1, 0.15) is 25.8 Å². The van der Waals surface area contributed by atoms with E-state index in [1.807, 2.05) is 12.1 Å². The zero-order valence-corrected chi connectivity index (χ0v) is 11.0. The summed E-state index contributed by atoms with van der Waals surface area (Å²) in [5, 5.41) is 8.83. The molecule has 0 aromatic heterocycles. The summed E-state index contributed by atoms with van der Waals surface area (Å²) in [6, 6.07) is 6.35. The van der Waals surface area contributed by atoms with Crippen LogP contribution in [0.25, 0.3) is 0 Å². The van der Waals surface area contributed by atoms with Gasteiger partial charge in [-0.15, -0.1) is 0 Å². The lowest BCUT2D eigenvalue weighted by Gasteiger charge is -2.11. The molecule has 0 aliphatic carbocycles. The summed E-state index contributed by atoms with van der Waals surface area (Å²) in [5.74, 6) is 0. The normalized spacial score (nSPS) is 13.6. The van der Waals surface area contributed by atoms with Gasteiger partial charge in [0.2, 0.25) is 10.0 Å². The summed E-state index contributed by atoms with van der Waals surface area (Å²) in [6.07, 6.45) is 1.98. The molecule has 0 spiro atoms. The van der Waals surface area contributed by atoms with Crippen LogP contribution in [-0.2, 0) is 16.4 Å². The third-order valence-electron chi connectivity index (χ3n) is 2.40. The second-order valence-electron chi connectivity index (χ2n) is 4.10. The zero-order valence-electron chi connectivity index (χ0n) is 10.2. The molecule has 0 saturated carbocycles.